The van der Waals surface area contributed by atoms with Crippen LogP contribution in [0.2, 0.25) is 0 Å². The van der Waals surface area contributed by atoms with Gasteiger partial charge in [-0.1, -0.05) is 36.8 Å². The Balaban J connectivity index is 2.37. The minimum Gasteiger partial charge on any atom is -0.326 e. The van der Waals surface area contributed by atoms with Crippen molar-refractivity contribution >= 4 is 0 Å². The number of rotatable bonds is 4. The van der Waals surface area contributed by atoms with E-state index in [1.165, 1.54) is 11.1 Å². The van der Waals surface area contributed by atoms with Crippen molar-refractivity contribution in [2.45, 2.75) is 32.4 Å². The molecule has 1 heterocycles. The molecule has 0 amide bonds. The molecule has 0 aliphatic rings. The van der Waals surface area contributed by atoms with E-state index in [9.17, 15) is 0 Å². The summed E-state index contributed by atoms with van der Waals surface area (Å²) in [4.78, 5) is 4.00. The first kappa shape index (κ1) is 11.8. The second-order valence-corrected chi connectivity index (χ2v) is 4.30. The highest BCUT2D eigenvalue weighted by Gasteiger charge is 2.20. The SMILES string of the molecule is CC[C@H](N)[C@@H](c1ccc(C)cc1)n1cncn1. The number of benzene rings is 1. The maximum atomic E-state index is 6.19. The Kier molecular flexibility index (Phi) is 3.54. The van der Waals surface area contributed by atoms with Gasteiger partial charge in [-0.3, -0.25) is 0 Å². The molecule has 2 aromatic rings. The fraction of sp³-hybridized carbons (Fsp3) is 0.385. The summed E-state index contributed by atoms with van der Waals surface area (Å²) in [5.41, 5.74) is 8.61. The van der Waals surface area contributed by atoms with E-state index in [2.05, 4.69) is 48.2 Å². The van der Waals surface area contributed by atoms with Crippen molar-refractivity contribution in [3.05, 3.63) is 48.0 Å². The summed E-state index contributed by atoms with van der Waals surface area (Å²) in [7, 11) is 0. The first-order chi connectivity index (χ1) is 8.22. The van der Waals surface area contributed by atoms with E-state index in [1.54, 1.807) is 12.7 Å². The van der Waals surface area contributed by atoms with Gasteiger partial charge in [0.25, 0.3) is 0 Å². The van der Waals surface area contributed by atoms with Gasteiger partial charge in [0.15, 0.2) is 0 Å². The van der Waals surface area contributed by atoms with Crippen molar-refractivity contribution in [1.82, 2.24) is 14.8 Å². The average molecular weight is 230 g/mol. The lowest BCUT2D eigenvalue weighted by molar-refractivity contribution is 0.423. The van der Waals surface area contributed by atoms with Crippen molar-refractivity contribution in [1.29, 1.82) is 0 Å². The molecule has 0 bridgehead atoms. The highest BCUT2D eigenvalue weighted by molar-refractivity contribution is 5.25. The highest BCUT2D eigenvalue weighted by atomic mass is 15.3. The van der Waals surface area contributed by atoms with Crippen LogP contribution >= 0.6 is 0 Å². The molecule has 0 aliphatic carbocycles. The fourth-order valence-electron chi connectivity index (χ4n) is 1.94. The Morgan fingerprint density at radius 2 is 2.00 bits per heavy atom. The van der Waals surface area contributed by atoms with Crippen LogP contribution < -0.4 is 5.73 Å². The smallest absolute Gasteiger partial charge is 0.137 e. The third-order valence-electron chi connectivity index (χ3n) is 3.02. The van der Waals surface area contributed by atoms with Gasteiger partial charge in [-0.25, -0.2) is 9.67 Å². The highest BCUT2D eigenvalue weighted by Crippen LogP contribution is 2.22. The van der Waals surface area contributed by atoms with Gasteiger partial charge in [-0.2, -0.15) is 5.10 Å². The molecule has 0 spiro atoms. The lowest BCUT2D eigenvalue weighted by atomic mass is 9.97. The van der Waals surface area contributed by atoms with E-state index in [0.29, 0.717) is 0 Å². The van der Waals surface area contributed by atoms with Gasteiger partial charge in [0.2, 0.25) is 0 Å². The largest absolute Gasteiger partial charge is 0.326 e. The summed E-state index contributed by atoms with van der Waals surface area (Å²) in [5, 5.41) is 4.21. The van der Waals surface area contributed by atoms with E-state index < -0.39 is 0 Å². The molecule has 0 radical (unpaired) electrons. The van der Waals surface area contributed by atoms with Gasteiger partial charge in [0, 0.05) is 6.04 Å². The molecule has 0 unspecified atom stereocenters. The van der Waals surface area contributed by atoms with E-state index in [1.807, 2.05) is 4.68 Å². The monoisotopic (exact) mass is 230 g/mol. The summed E-state index contributed by atoms with van der Waals surface area (Å²) in [5.74, 6) is 0. The van der Waals surface area contributed by atoms with Crippen LogP contribution in [0.4, 0.5) is 0 Å². The van der Waals surface area contributed by atoms with Crippen LogP contribution in [-0.4, -0.2) is 20.8 Å². The zero-order chi connectivity index (χ0) is 12.3. The number of hydrogen-bond donors (Lipinski definition) is 1. The van der Waals surface area contributed by atoms with Crippen LogP contribution in [0.25, 0.3) is 0 Å². The van der Waals surface area contributed by atoms with Gasteiger partial charge >= 0.3 is 0 Å². The van der Waals surface area contributed by atoms with Gasteiger partial charge in [-0.15, -0.1) is 0 Å². The first-order valence-electron chi connectivity index (χ1n) is 5.88. The summed E-state index contributed by atoms with van der Waals surface area (Å²) in [6.07, 6.45) is 4.17. The Morgan fingerprint density at radius 1 is 1.29 bits per heavy atom. The molecule has 1 aromatic carbocycles. The molecule has 1 aromatic heterocycles. The average Bonchev–Trinajstić information content (AvgIpc) is 2.85. The molecule has 0 aliphatic heterocycles. The summed E-state index contributed by atoms with van der Waals surface area (Å²) in [6.45, 7) is 4.16. The van der Waals surface area contributed by atoms with Crippen molar-refractivity contribution in [3.8, 4) is 0 Å². The lowest BCUT2D eigenvalue weighted by Crippen LogP contribution is -2.32. The Morgan fingerprint density at radius 3 is 2.53 bits per heavy atom. The number of aryl methyl sites for hydroxylation is 1. The summed E-state index contributed by atoms with van der Waals surface area (Å²) in [6, 6.07) is 8.51. The second kappa shape index (κ2) is 5.10. The van der Waals surface area contributed by atoms with Crippen LogP contribution in [0.1, 0.15) is 30.5 Å². The minimum atomic E-state index is 0.0411. The lowest BCUT2D eigenvalue weighted by Gasteiger charge is -2.23. The van der Waals surface area contributed by atoms with Crippen molar-refractivity contribution in [2.75, 3.05) is 0 Å². The topological polar surface area (TPSA) is 56.7 Å². The Labute approximate surface area is 101 Å². The molecule has 4 nitrogen and oxygen atoms in total. The Bertz CT molecular complexity index is 447. The van der Waals surface area contributed by atoms with Gasteiger partial charge in [0.05, 0.1) is 6.04 Å². The van der Waals surface area contributed by atoms with Crippen molar-refractivity contribution < 1.29 is 0 Å². The molecule has 2 N–H and O–H groups in total. The van der Waals surface area contributed by atoms with E-state index in [-0.39, 0.29) is 12.1 Å². The van der Waals surface area contributed by atoms with Crippen LogP contribution in [0.15, 0.2) is 36.9 Å². The fourth-order valence-corrected chi connectivity index (χ4v) is 1.94. The molecule has 17 heavy (non-hydrogen) atoms. The third kappa shape index (κ3) is 2.53. The molecule has 90 valence electrons. The molecular formula is C13H18N4. The molecule has 0 saturated carbocycles. The van der Waals surface area contributed by atoms with Gasteiger partial charge in [-0.05, 0) is 18.9 Å². The summed E-state index contributed by atoms with van der Waals surface area (Å²) >= 11 is 0. The third-order valence-corrected chi connectivity index (χ3v) is 3.02. The molecule has 4 heteroatoms. The van der Waals surface area contributed by atoms with E-state index in [4.69, 9.17) is 5.73 Å². The quantitative estimate of drug-likeness (QED) is 0.873. The zero-order valence-electron chi connectivity index (χ0n) is 10.2. The van der Waals surface area contributed by atoms with Crippen LogP contribution in [0.3, 0.4) is 0 Å². The zero-order valence-corrected chi connectivity index (χ0v) is 10.2. The normalized spacial score (nSPS) is 14.5. The van der Waals surface area contributed by atoms with Crippen LogP contribution in [0, 0.1) is 6.92 Å². The number of nitrogens with two attached hydrogens (primary N) is 1. The predicted molar refractivity (Wildman–Crippen MR) is 67.6 cm³/mol. The molecule has 0 saturated heterocycles. The molecule has 2 rings (SSSR count). The second-order valence-electron chi connectivity index (χ2n) is 4.30. The van der Waals surface area contributed by atoms with Crippen molar-refractivity contribution in [3.63, 3.8) is 0 Å². The molecule has 2 atom stereocenters. The number of aromatic nitrogens is 3. The Hall–Kier alpha value is -1.68. The first-order valence-corrected chi connectivity index (χ1v) is 5.88. The molecular weight excluding hydrogens is 212 g/mol. The maximum absolute atomic E-state index is 6.19. The summed E-state index contributed by atoms with van der Waals surface area (Å²) < 4.78 is 1.83. The van der Waals surface area contributed by atoms with Gasteiger partial charge < -0.3 is 5.73 Å². The minimum absolute atomic E-state index is 0.0411. The molecule has 0 fully saturated rings. The number of nitrogens with zero attached hydrogens (tertiary/aromatic N) is 3. The van der Waals surface area contributed by atoms with E-state index >= 15 is 0 Å². The maximum Gasteiger partial charge on any atom is 0.137 e. The number of hydrogen-bond acceptors (Lipinski definition) is 3. The van der Waals surface area contributed by atoms with Crippen LogP contribution in [0.5, 0.6) is 0 Å². The predicted octanol–water partition coefficient (Wildman–Crippen LogP) is 1.91. The standard InChI is InChI=1S/C13H18N4/c1-3-12(14)13(17-9-15-8-16-17)11-6-4-10(2)5-7-11/h4-9,12-13H,3,14H2,1-2H3/t12-,13+/m0/s1. The van der Waals surface area contributed by atoms with Crippen LogP contribution in [-0.2, 0) is 0 Å². The van der Waals surface area contributed by atoms with E-state index in [0.717, 1.165) is 6.42 Å². The van der Waals surface area contributed by atoms with Crippen molar-refractivity contribution in [2.24, 2.45) is 5.73 Å². The van der Waals surface area contributed by atoms with Gasteiger partial charge in [0.1, 0.15) is 12.7 Å².